The number of nitrogens with one attached hydrogen (secondary N) is 1. The van der Waals surface area contributed by atoms with E-state index in [4.69, 9.17) is 5.84 Å². The molecule has 0 aliphatic carbocycles. The molecule has 0 spiro atoms. The smallest absolute Gasteiger partial charge is 0.236 e. The fourth-order valence-electron chi connectivity index (χ4n) is 1.49. The number of amides is 1. The Morgan fingerprint density at radius 1 is 1.44 bits per heavy atom. The topological polar surface area (TPSA) is 74.5 Å². The lowest BCUT2D eigenvalue weighted by molar-refractivity contribution is -0.130. The molecule has 0 bridgehead atoms. The molecule has 0 saturated carbocycles. The van der Waals surface area contributed by atoms with Crippen LogP contribution >= 0.6 is 0 Å². The second kappa shape index (κ2) is 6.93. The average Bonchev–Trinajstić information content (AvgIpc) is 2.37. The van der Waals surface area contributed by atoms with Crippen molar-refractivity contribution in [2.75, 3.05) is 32.6 Å². The van der Waals surface area contributed by atoms with E-state index in [1.807, 2.05) is 24.0 Å². The number of nitrogens with zero attached hydrogens (tertiary/aromatic N) is 3. The summed E-state index contributed by atoms with van der Waals surface area (Å²) in [6, 6.07) is 5.60. The first-order valence-electron chi connectivity index (χ1n) is 5.91. The fourth-order valence-corrected chi connectivity index (χ4v) is 1.49. The van der Waals surface area contributed by atoms with E-state index in [1.165, 1.54) is 0 Å². The molecular formula is C12H21N5O. The van der Waals surface area contributed by atoms with Crippen LogP contribution in [-0.2, 0) is 11.3 Å². The van der Waals surface area contributed by atoms with E-state index < -0.39 is 0 Å². The maximum atomic E-state index is 11.7. The number of anilines is 1. The first kappa shape index (κ1) is 14.4. The normalized spacial score (nSPS) is 10.5. The van der Waals surface area contributed by atoms with E-state index >= 15 is 0 Å². The summed E-state index contributed by atoms with van der Waals surface area (Å²) in [5, 5.41) is 0. The van der Waals surface area contributed by atoms with Gasteiger partial charge in [-0.05, 0) is 18.7 Å². The van der Waals surface area contributed by atoms with Crippen molar-refractivity contribution in [1.82, 2.24) is 14.8 Å². The van der Waals surface area contributed by atoms with Crippen LogP contribution in [0, 0.1) is 0 Å². The summed E-state index contributed by atoms with van der Waals surface area (Å²) in [4.78, 5) is 19.6. The minimum atomic E-state index is 0.0879. The van der Waals surface area contributed by atoms with Gasteiger partial charge in [0.05, 0.1) is 12.2 Å². The molecule has 6 heteroatoms. The molecule has 1 rings (SSSR count). The Morgan fingerprint density at radius 3 is 2.72 bits per heavy atom. The number of aromatic nitrogens is 1. The number of hydrazine groups is 1. The summed E-state index contributed by atoms with van der Waals surface area (Å²) in [5.41, 5.74) is 3.40. The third kappa shape index (κ3) is 4.31. The van der Waals surface area contributed by atoms with Crippen LogP contribution < -0.4 is 11.3 Å². The van der Waals surface area contributed by atoms with Crippen LogP contribution in [0.1, 0.15) is 12.6 Å². The minimum absolute atomic E-state index is 0.0879. The fraction of sp³-hybridized carbons (Fsp3) is 0.500. The van der Waals surface area contributed by atoms with Gasteiger partial charge in [-0.2, -0.15) is 0 Å². The van der Waals surface area contributed by atoms with Crippen LogP contribution in [0.3, 0.4) is 0 Å². The summed E-state index contributed by atoms with van der Waals surface area (Å²) in [5.74, 6) is 6.03. The number of carbonyl (C=O) groups excluding carboxylic acids is 1. The number of rotatable bonds is 6. The Bertz CT molecular complexity index is 394. The molecule has 1 heterocycles. The summed E-state index contributed by atoms with van der Waals surface area (Å²) in [6.45, 7) is 3.84. The van der Waals surface area contributed by atoms with Gasteiger partial charge in [0.1, 0.15) is 5.82 Å². The Morgan fingerprint density at radius 2 is 2.17 bits per heavy atom. The summed E-state index contributed by atoms with van der Waals surface area (Å²) in [7, 11) is 3.51. The van der Waals surface area contributed by atoms with E-state index in [9.17, 15) is 4.79 Å². The second-order valence-corrected chi connectivity index (χ2v) is 4.25. The van der Waals surface area contributed by atoms with Gasteiger partial charge in [0.25, 0.3) is 0 Å². The number of carbonyl (C=O) groups is 1. The van der Waals surface area contributed by atoms with E-state index in [1.54, 1.807) is 25.1 Å². The maximum Gasteiger partial charge on any atom is 0.236 e. The number of nitrogens with two attached hydrogens (primary N) is 1. The van der Waals surface area contributed by atoms with Crippen LogP contribution in [0.4, 0.5) is 5.82 Å². The van der Waals surface area contributed by atoms with Gasteiger partial charge >= 0.3 is 0 Å². The van der Waals surface area contributed by atoms with Crippen LogP contribution in [0.25, 0.3) is 0 Å². The standard InChI is InChI=1S/C12H21N5O/c1-4-17(9-12(18)16(2)3)8-10-6-5-7-11(14-10)15-13/h5-7H,4,8-9,13H2,1-3H3,(H,14,15). The van der Waals surface area contributed by atoms with Gasteiger partial charge in [-0.3, -0.25) is 9.69 Å². The van der Waals surface area contributed by atoms with E-state index in [-0.39, 0.29) is 5.91 Å². The molecule has 0 aliphatic heterocycles. The lowest BCUT2D eigenvalue weighted by Crippen LogP contribution is -2.36. The molecule has 1 aromatic heterocycles. The molecule has 0 aromatic carbocycles. The van der Waals surface area contributed by atoms with Crippen molar-refractivity contribution in [3.8, 4) is 0 Å². The Labute approximate surface area is 108 Å². The quantitative estimate of drug-likeness (QED) is 0.561. The molecule has 0 atom stereocenters. The van der Waals surface area contributed by atoms with Gasteiger partial charge in [-0.25, -0.2) is 10.8 Å². The number of pyridine rings is 1. The molecule has 0 fully saturated rings. The zero-order valence-electron chi connectivity index (χ0n) is 11.2. The molecule has 0 aliphatic rings. The SMILES string of the molecule is CCN(CC(=O)N(C)C)Cc1cccc(NN)n1. The van der Waals surface area contributed by atoms with Crippen molar-refractivity contribution in [1.29, 1.82) is 0 Å². The lowest BCUT2D eigenvalue weighted by Gasteiger charge is -2.21. The van der Waals surface area contributed by atoms with Gasteiger partial charge in [0.15, 0.2) is 0 Å². The third-order valence-electron chi connectivity index (χ3n) is 2.65. The molecule has 3 N–H and O–H groups in total. The Hall–Kier alpha value is -1.66. The van der Waals surface area contributed by atoms with E-state index in [0.717, 1.165) is 12.2 Å². The highest BCUT2D eigenvalue weighted by atomic mass is 16.2. The molecular weight excluding hydrogens is 230 g/mol. The number of nitrogen functional groups attached to an aromatic ring is 1. The summed E-state index contributed by atoms with van der Waals surface area (Å²) >= 11 is 0. The molecule has 18 heavy (non-hydrogen) atoms. The van der Waals surface area contributed by atoms with Gasteiger partial charge < -0.3 is 10.3 Å². The summed E-state index contributed by atoms with van der Waals surface area (Å²) < 4.78 is 0. The van der Waals surface area contributed by atoms with E-state index in [2.05, 4.69) is 10.4 Å². The summed E-state index contributed by atoms with van der Waals surface area (Å²) in [6.07, 6.45) is 0. The predicted octanol–water partition coefficient (Wildman–Crippen LogP) is 0.277. The van der Waals surface area contributed by atoms with Gasteiger partial charge in [0.2, 0.25) is 5.91 Å². The maximum absolute atomic E-state index is 11.7. The highest BCUT2D eigenvalue weighted by Gasteiger charge is 2.11. The molecule has 0 unspecified atom stereocenters. The zero-order valence-corrected chi connectivity index (χ0v) is 11.2. The van der Waals surface area contributed by atoms with Crippen molar-refractivity contribution in [2.24, 2.45) is 5.84 Å². The van der Waals surface area contributed by atoms with E-state index in [0.29, 0.717) is 18.9 Å². The third-order valence-corrected chi connectivity index (χ3v) is 2.65. The van der Waals surface area contributed by atoms with Gasteiger partial charge in [-0.15, -0.1) is 0 Å². The molecule has 100 valence electrons. The monoisotopic (exact) mass is 251 g/mol. The number of likely N-dealkylation sites (N-methyl/N-ethyl adjacent to an activating group) is 2. The lowest BCUT2D eigenvalue weighted by atomic mass is 10.3. The highest BCUT2D eigenvalue weighted by Crippen LogP contribution is 2.06. The van der Waals surface area contributed by atoms with Crippen LogP contribution in [0.15, 0.2) is 18.2 Å². The van der Waals surface area contributed by atoms with Crippen LogP contribution in [0.2, 0.25) is 0 Å². The molecule has 6 nitrogen and oxygen atoms in total. The van der Waals surface area contributed by atoms with Crippen molar-refractivity contribution < 1.29 is 4.79 Å². The van der Waals surface area contributed by atoms with Gasteiger partial charge in [-0.1, -0.05) is 13.0 Å². The van der Waals surface area contributed by atoms with Crippen molar-refractivity contribution in [2.45, 2.75) is 13.5 Å². The first-order valence-corrected chi connectivity index (χ1v) is 5.91. The van der Waals surface area contributed by atoms with Crippen molar-refractivity contribution in [3.63, 3.8) is 0 Å². The van der Waals surface area contributed by atoms with Crippen molar-refractivity contribution in [3.05, 3.63) is 23.9 Å². The van der Waals surface area contributed by atoms with Crippen molar-refractivity contribution >= 4 is 11.7 Å². The molecule has 0 saturated heterocycles. The minimum Gasteiger partial charge on any atom is -0.348 e. The molecule has 1 amide bonds. The Balaban J connectivity index is 2.64. The largest absolute Gasteiger partial charge is 0.348 e. The highest BCUT2D eigenvalue weighted by molar-refractivity contribution is 5.77. The Kier molecular flexibility index (Phi) is 5.54. The zero-order chi connectivity index (χ0) is 13.5. The molecule has 1 aromatic rings. The van der Waals surface area contributed by atoms with Crippen LogP contribution in [0.5, 0.6) is 0 Å². The molecule has 0 radical (unpaired) electrons. The van der Waals surface area contributed by atoms with Gasteiger partial charge in [0, 0.05) is 20.6 Å². The predicted molar refractivity (Wildman–Crippen MR) is 71.7 cm³/mol. The number of hydrogen-bond acceptors (Lipinski definition) is 5. The van der Waals surface area contributed by atoms with Crippen LogP contribution in [-0.4, -0.2) is 47.9 Å². The average molecular weight is 251 g/mol. The number of hydrogen-bond donors (Lipinski definition) is 2. The first-order chi connectivity index (χ1) is 8.56. The second-order valence-electron chi connectivity index (χ2n) is 4.25.